The highest BCUT2D eigenvalue weighted by molar-refractivity contribution is 5.96. The Bertz CT molecular complexity index is 355. The Morgan fingerprint density at radius 3 is 2.43 bits per heavy atom. The van der Waals surface area contributed by atoms with Crippen molar-refractivity contribution in [1.82, 2.24) is 10.2 Å². The van der Waals surface area contributed by atoms with Crippen molar-refractivity contribution >= 4 is 11.8 Å². The zero-order valence-electron chi connectivity index (χ0n) is 14.0. The number of hydrogen-bond acceptors (Lipinski definition) is 3. The van der Waals surface area contributed by atoms with E-state index in [1.807, 2.05) is 20.8 Å². The zero-order valence-corrected chi connectivity index (χ0v) is 14.0. The van der Waals surface area contributed by atoms with Gasteiger partial charge in [-0.3, -0.25) is 9.59 Å². The van der Waals surface area contributed by atoms with E-state index in [9.17, 15) is 9.59 Å². The molecule has 0 aromatic carbocycles. The summed E-state index contributed by atoms with van der Waals surface area (Å²) in [6.07, 6.45) is 2.40. The molecule has 122 valence electrons. The largest absolute Gasteiger partial charge is 0.377 e. The van der Waals surface area contributed by atoms with Gasteiger partial charge < -0.3 is 15.0 Å². The Morgan fingerprint density at radius 2 is 1.90 bits per heavy atom. The van der Waals surface area contributed by atoms with Gasteiger partial charge in [0.1, 0.15) is 12.1 Å². The fourth-order valence-corrected chi connectivity index (χ4v) is 2.64. The topological polar surface area (TPSA) is 58.6 Å². The first kappa shape index (κ1) is 18.0. The molecule has 1 aliphatic heterocycles. The molecule has 1 aliphatic rings. The van der Waals surface area contributed by atoms with Crippen LogP contribution in [0.3, 0.4) is 0 Å². The molecule has 2 unspecified atom stereocenters. The number of carbonyl (C=O) groups is 2. The van der Waals surface area contributed by atoms with Crippen molar-refractivity contribution in [2.75, 3.05) is 13.2 Å². The lowest BCUT2D eigenvalue weighted by atomic mass is 9.96. The molecular weight excluding hydrogens is 268 g/mol. The van der Waals surface area contributed by atoms with Gasteiger partial charge in [-0.05, 0) is 32.6 Å². The van der Waals surface area contributed by atoms with Crippen LogP contribution in [-0.2, 0) is 14.3 Å². The van der Waals surface area contributed by atoms with Crippen LogP contribution in [0.5, 0.6) is 0 Å². The van der Waals surface area contributed by atoms with Gasteiger partial charge in [0.25, 0.3) is 0 Å². The summed E-state index contributed by atoms with van der Waals surface area (Å²) in [5.74, 6) is 0.380. The van der Waals surface area contributed by atoms with Crippen LogP contribution in [0.25, 0.3) is 0 Å². The number of hydrogen-bond donors (Lipinski definition) is 1. The summed E-state index contributed by atoms with van der Waals surface area (Å²) in [5, 5.41) is 2.88. The predicted octanol–water partition coefficient (Wildman–Crippen LogP) is 1.95. The summed E-state index contributed by atoms with van der Waals surface area (Å²) in [7, 11) is 0. The molecule has 2 atom stereocenters. The highest BCUT2D eigenvalue weighted by atomic mass is 16.5. The highest BCUT2D eigenvalue weighted by Gasteiger charge is 2.39. The van der Waals surface area contributed by atoms with Gasteiger partial charge in [0.2, 0.25) is 11.8 Å². The summed E-state index contributed by atoms with van der Waals surface area (Å²) >= 11 is 0. The molecule has 5 heteroatoms. The third kappa shape index (κ3) is 5.30. The third-order valence-corrected chi connectivity index (χ3v) is 3.63. The van der Waals surface area contributed by atoms with Crippen molar-refractivity contribution in [1.29, 1.82) is 0 Å². The maximum absolute atomic E-state index is 12.6. The average Bonchev–Trinajstić information content (AvgIpc) is 2.38. The second-order valence-electron chi connectivity index (χ2n) is 6.45. The van der Waals surface area contributed by atoms with Crippen LogP contribution in [0.4, 0.5) is 0 Å². The van der Waals surface area contributed by atoms with Crippen molar-refractivity contribution in [2.45, 2.75) is 72.1 Å². The summed E-state index contributed by atoms with van der Waals surface area (Å²) < 4.78 is 5.55. The Morgan fingerprint density at radius 1 is 1.24 bits per heavy atom. The molecule has 0 aliphatic carbocycles. The summed E-state index contributed by atoms with van der Waals surface area (Å²) in [6, 6.07) is -0.730. The summed E-state index contributed by atoms with van der Waals surface area (Å²) in [5.41, 5.74) is 0. The van der Waals surface area contributed by atoms with Gasteiger partial charge >= 0.3 is 0 Å². The number of piperazine rings is 1. The van der Waals surface area contributed by atoms with Crippen molar-refractivity contribution in [3.05, 3.63) is 0 Å². The SMILES string of the molecule is CCCC1NC(=O)C(CC(C)C)N(CCOC(C)C)C1=O. The van der Waals surface area contributed by atoms with E-state index in [2.05, 4.69) is 19.2 Å². The maximum Gasteiger partial charge on any atom is 0.245 e. The van der Waals surface area contributed by atoms with Gasteiger partial charge in [-0.15, -0.1) is 0 Å². The van der Waals surface area contributed by atoms with E-state index >= 15 is 0 Å². The fraction of sp³-hybridized carbons (Fsp3) is 0.875. The lowest BCUT2D eigenvalue weighted by molar-refractivity contribution is -0.151. The van der Waals surface area contributed by atoms with E-state index < -0.39 is 0 Å². The number of nitrogens with zero attached hydrogens (tertiary/aromatic N) is 1. The second kappa shape index (κ2) is 8.37. The molecule has 1 fully saturated rings. The van der Waals surface area contributed by atoms with Crippen LogP contribution >= 0.6 is 0 Å². The predicted molar refractivity (Wildman–Crippen MR) is 82.9 cm³/mol. The lowest BCUT2D eigenvalue weighted by Gasteiger charge is -2.39. The molecule has 21 heavy (non-hydrogen) atoms. The first-order chi connectivity index (χ1) is 9.86. The summed E-state index contributed by atoms with van der Waals surface area (Å²) in [6.45, 7) is 11.1. The fourth-order valence-electron chi connectivity index (χ4n) is 2.64. The first-order valence-corrected chi connectivity index (χ1v) is 8.09. The Balaban J connectivity index is 2.78. The highest BCUT2D eigenvalue weighted by Crippen LogP contribution is 2.19. The smallest absolute Gasteiger partial charge is 0.245 e. The van der Waals surface area contributed by atoms with Crippen LogP contribution in [-0.4, -0.2) is 48.1 Å². The number of rotatable bonds is 8. The van der Waals surface area contributed by atoms with Crippen LogP contribution < -0.4 is 5.32 Å². The molecule has 0 aromatic heterocycles. The third-order valence-electron chi connectivity index (χ3n) is 3.63. The average molecular weight is 298 g/mol. The summed E-state index contributed by atoms with van der Waals surface area (Å²) in [4.78, 5) is 26.6. The minimum atomic E-state index is -0.370. The Kier molecular flexibility index (Phi) is 7.15. The molecule has 1 saturated heterocycles. The van der Waals surface area contributed by atoms with Crippen molar-refractivity contribution < 1.29 is 14.3 Å². The van der Waals surface area contributed by atoms with Crippen LogP contribution in [0, 0.1) is 5.92 Å². The molecule has 5 nitrogen and oxygen atoms in total. The number of amides is 2. The number of ether oxygens (including phenoxy) is 1. The molecular formula is C16H30N2O3. The van der Waals surface area contributed by atoms with Gasteiger partial charge in [0, 0.05) is 6.54 Å². The molecule has 1 heterocycles. The molecule has 0 saturated carbocycles. The molecule has 0 aromatic rings. The minimum Gasteiger partial charge on any atom is -0.377 e. The Hall–Kier alpha value is -1.10. The lowest BCUT2D eigenvalue weighted by Crippen LogP contribution is -2.64. The van der Waals surface area contributed by atoms with Gasteiger partial charge in [-0.25, -0.2) is 0 Å². The quantitative estimate of drug-likeness (QED) is 0.745. The Labute approximate surface area is 128 Å². The number of carbonyl (C=O) groups excluding carboxylic acids is 2. The number of nitrogens with one attached hydrogen (secondary N) is 1. The van der Waals surface area contributed by atoms with E-state index in [-0.39, 0.29) is 30.0 Å². The van der Waals surface area contributed by atoms with Gasteiger partial charge in [-0.2, -0.15) is 0 Å². The normalized spacial score (nSPS) is 23.1. The van der Waals surface area contributed by atoms with Crippen LogP contribution in [0.15, 0.2) is 0 Å². The maximum atomic E-state index is 12.6. The molecule has 0 radical (unpaired) electrons. The standard InChI is InChI=1S/C16H30N2O3/c1-6-7-13-16(20)18(8-9-21-12(4)5)14(10-11(2)3)15(19)17-13/h11-14H,6-10H2,1-5H3,(H,17,19). The van der Waals surface area contributed by atoms with Crippen molar-refractivity contribution in [2.24, 2.45) is 5.92 Å². The zero-order chi connectivity index (χ0) is 16.0. The monoisotopic (exact) mass is 298 g/mol. The molecule has 1 rings (SSSR count). The van der Waals surface area contributed by atoms with E-state index in [1.54, 1.807) is 4.90 Å². The van der Waals surface area contributed by atoms with Crippen molar-refractivity contribution in [3.8, 4) is 0 Å². The second-order valence-corrected chi connectivity index (χ2v) is 6.45. The minimum absolute atomic E-state index is 0.0219. The van der Waals surface area contributed by atoms with Crippen molar-refractivity contribution in [3.63, 3.8) is 0 Å². The molecule has 0 bridgehead atoms. The molecule has 2 amide bonds. The van der Waals surface area contributed by atoms with Gasteiger partial charge in [0.15, 0.2) is 0 Å². The first-order valence-electron chi connectivity index (χ1n) is 8.09. The molecule has 1 N–H and O–H groups in total. The molecule has 0 spiro atoms. The van der Waals surface area contributed by atoms with E-state index in [1.165, 1.54) is 0 Å². The van der Waals surface area contributed by atoms with Gasteiger partial charge in [-0.1, -0.05) is 27.2 Å². The van der Waals surface area contributed by atoms with E-state index in [4.69, 9.17) is 4.74 Å². The van der Waals surface area contributed by atoms with E-state index in [0.717, 1.165) is 6.42 Å². The van der Waals surface area contributed by atoms with Gasteiger partial charge in [0.05, 0.1) is 12.7 Å². The van der Waals surface area contributed by atoms with Crippen LogP contribution in [0.2, 0.25) is 0 Å². The van der Waals surface area contributed by atoms with E-state index in [0.29, 0.717) is 31.9 Å². The van der Waals surface area contributed by atoms with Crippen LogP contribution in [0.1, 0.15) is 53.9 Å².